The van der Waals surface area contributed by atoms with Crippen LogP contribution in [0, 0.1) is 0 Å². The van der Waals surface area contributed by atoms with Crippen molar-refractivity contribution in [3.05, 3.63) is 83.2 Å². The van der Waals surface area contributed by atoms with E-state index < -0.39 is 0 Å². The molecule has 0 saturated carbocycles. The van der Waals surface area contributed by atoms with Gasteiger partial charge in [0.05, 0.1) is 12.0 Å². The molecule has 3 aromatic rings. The first-order chi connectivity index (χ1) is 11.3. The van der Waals surface area contributed by atoms with Gasteiger partial charge in [0, 0.05) is 4.88 Å². The number of benzene rings is 2. The first-order valence-electron chi connectivity index (χ1n) is 7.28. The second-order valence-electron chi connectivity index (χ2n) is 5.00. The topological polar surface area (TPSA) is 26.3 Å². The van der Waals surface area contributed by atoms with Gasteiger partial charge in [-0.15, -0.1) is 11.3 Å². The van der Waals surface area contributed by atoms with Crippen LogP contribution in [0.5, 0.6) is 5.75 Å². The van der Waals surface area contributed by atoms with Gasteiger partial charge >= 0.3 is 0 Å². The summed E-state index contributed by atoms with van der Waals surface area (Å²) in [5.74, 6) is 0.853. The molecule has 0 aliphatic heterocycles. The van der Waals surface area contributed by atoms with E-state index in [1.165, 1.54) is 11.3 Å². The van der Waals surface area contributed by atoms with Gasteiger partial charge in [-0.05, 0) is 53.6 Å². The van der Waals surface area contributed by atoms with Gasteiger partial charge in [0.15, 0.2) is 5.78 Å². The molecule has 0 aliphatic rings. The van der Waals surface area contributed by atoms with Crippen LogP contribution in [0.4, 0.5) is 0 Å². The summed E-state index contributed by atoms with van der Waals surface area (Å²) in [6, 6.07) is 21.5. The first-order valence-corrected chi connectivity index (χ1v) is 8.09. The Hall–Kier alpha value is -2.65. The monoisotopic (exact) mass is 320 g/mol. The standard InChI is InChI=1S/C20H16O2S/c1-22-17-10-8-16(9-11-17)19-13-14-20(23-19)18(21)12-7-15-5-3-2-4-6-15/h2-14H,1H3. The Bertz CT molecular complexity index is 814. The largest absolute Gasteiger partial charge is 0.497 e. The van der Waals surface area contributed by atoms with Gasteiger partial charge in [-0.2, -0.15) is 0 Å². The van der Waals surface area contributed by atoms with Crippen LogP contribution in [0.3, 0.4) is 0 Å². The number of ketones is 1. The van der Waals surface area contributed by atoms with Crippen molar-refractivity contribution in [2.24, 2.45) is 0 Å². The molecule has 114 valence electrons. The van der Waals surface area contributed by atoms with Crippen molar-refractivity contribution in [1.82, 2.24) is 0 Å². The highest BCUT2D eigenvalue weighted by Gasteiger charge is 2.08. The number of carbonyl (C=O) groups is 1. The third-order valence-corrected chi connectivity index (χ3v) is 4.60. The zero-order chi connectivity index (χ0) is 16.1. The van der Waals surface area contributed by atoms with Gasteiger partial charge in [-0.1, -0.05) is 36.4 Å². The average Bonchev–Trinajstić information content (AvgIpc) is 3.11. The number of hydrogen-bond acceptors (Lipinski definition) is 3. The molecule has 23 heavy (non-hydrogen) atoms. The van der Waals surface area contributed by atoms with Gasteiger partial charge in [0.2, 0.25) is 0 Å². The Labute approximate surface area is 139 Å². The van der Waals surface area contributed by atoms with Crippen LogP contribution in [0.15, 0.2) is 72.8 Å². The first kappa shape index (κ1) is 15.3. The van der Waals surface area contributed by atoms with E-state index in [4.69, 9.17) is 4.74 Å². The molecule has 0 N–H and O–H groups in total. The predicted octanol–water partition coefficient (Wildman–Crippen LogP) is 5.32. The van der Waals surface area contributed by atoms with Gasteiger partial charge in [0.1, 0.15) is 5.75 Å². The van der Waals surface area contributed by atoms with E-state index in [1.807, 2.05) is 72.8 Å². The lowest BCUT2D eigenvalue weighted by Crippen LogP contribution is -1.88. The van der Waals surface area contributed by atoms with Gasteiger partial charge in [0.25, 0.3) is 0 Å². The molecule has 0 fully saturated rings. The molecule has 1 heterocycles. The van der Waals surface area contributed by atoms with Gasteiger partial charge in [-0.25, -0.2) is 0 Å². The van der Waals surface area contributed by atoms with Crippen molar-refractivity contribution in [2.75, 3.05) is 7.11 Å². The average molecular weight is 320 g/mol. The minimum atomic E-state index is 0.0265. The normalized spacial score (nSPS) is 10.8. The van der Waals surface area contributed by atoms with Crippen LogP contribution in [0.2, 0.25) is 0 Å². The molecule has 0 atom stereocenters. The molecule has 0 bridgehead atoms. The van der Waals surface area contributed by atoms with Crippen molar-refractivity contribution >= 4 is 23.2 Å². The summed E-state index contributed by atoms with van der Waals surface area (Å²) in [6.45, 7) is 0. The Balaban J connectivity index is 1.75. The molecule has 0 saturated heterocycles. The quantitative estimate of drug-likeness (QED) is 0.470. The van der Waals surface area contributed by atoms with Crippen LogP contribution in [-0.4, -0.2) is 12.9 Å². The highest BCUT2D eigenvalue weighted by molar-refractivity contribution is 7.17. The summed E-state index contributed by atoms with van der Waals surface area (Å²) in [4.78, 5) is 14.1. The lowest BCUT2D eigenvalue weighted by molar-refractivity contribution is 0.105. The molecular weight excluding hydrogens is 304 g/mol. The highest BCUT2D eigenvalue weighted by Crippen LogP contribution is 2.29. The second kappa shape index (κ2) is 7.07. The SMILES string of the molecule is COc1ccc(-c2ccc(C(=O)C=Cc3ccccc3)s2)cc1. The van der Waals surface area contributed by atoms with E-state index in [9.17, 15) is 4.79 Å². The van der Waals surface area contributed by atoms with E-state index in [0.29, 0.717) is 0 Å². The second-order valence-corrected chi connectivity index (χ2v) is 6.08. The van der Waals surface area contributed by atoms with Crippen LogP contribution in [-0.2, 0) is 0 Å². The molecule has 0 unspecified atom stereocenters. The molecule has 1 aromatic heterocycles. The number of carbonyl (C=O) groups excluding carboxylic acids is 1. The lowest BCUT2D eigenvalue weighted by Gasteiger charge is -2.00. The molecule has 0 spiro atoms. The summed E-state index contributed by atoms with van der Waals surface area (Å²) in [5, 5.41) is 0. The summed E-state index contributed by atoms with van der Waals surface area (Å²) < 4.78 is 5.16. The summed E-state index contributed by atoms with van der Waals surface area (Å²) >= 11 is 1.50. The molecule has 0 aliphatic carbocycles. The van der Waals surface area contributed by atoms with Gasteiger partial charge in [-0.3, -0.25) is 4.79 Å². The third kappa shape index (κ3) is 3.76. The van der Waals surface area contributed by atoms with Crippen LogP contribution >= 0.6 is 11.3 Å². The molecule has 2 aromatic carbocycles. The maximum Gasteiger partial charge on any atom is 0.195 e. The third-order valence-electron chi connectivity index (χ3n) is 3.45. The molecule has 0 amide bonds. The zero-order valence-corrected chi connectivity index (χ0v) is 13.5. The van der Waals surface area contributed by atoms with Crippen molar-refractivity contribution in [2.45, 2.75) is 0 Å². The number of allylic oxidation sites excluding steroid dienone is 1. The zero-order valence-electron chi connectivity index (χ0n) is 12.7. The smallest absolute Gasteiger partial charge is 0.195 e. The van der Waals surface area contributed by atoms with Crippen LogP contribution in [0.1, 0.15) is 15.2 Å². The maximum absolute atomic E-state index is 12.3. The molecule has 0 radical (unpaired) electrons. The Morgan fingerprint density at radius 2 is 1.70 bits per heavy atom. The molecule has 3 heteroatoms. The predicted molar refractivity (Wildman–Crippen MR) is 96.1 cm³/mol. The fourth-order valence-electron chi connectivity index (χ4n) is 2.20. The summed E-state index contributed by atoms with van der Waals surface area (Å²) in [7, 11) is 1.65. The number of ether oxygens (including phenoxy) is 1. The summed E-state index contributed by atoms with van der Waals surface area (Å²) in [5.41, 5.74) is 2.11. The number of rotatable bonds is 5. The number of hydrogen-bond donors (Lipinski definition) is 0. The highest BCUT2D eigenvalue weighted by atomic mass is 32.1. The lowest BCUT2D eigenvalue weighted by atomic mass is 10.1. The fourth-order valence-corrected chi connectivity index (χ4v) is 3.13. The molecular formula is C20H16O2S. The van der Waals surface area contributed by atoms with E-state index in [0.717, 1.165) is 26.6 Å². The molecule has 2 nitrogen and oxygen atoms in total. The Kier molecular flexibility index (Phi) is 4.69. The number of thiophene rings is 1. The minimum absolute atomic E-state index is 0.0265. The van der Waals surface area contributed by atoms with E-state index in [1.54, 1.807) is 13.2 Å². The van der Waals surface area contributed by atoms with Crippen molar-refractivity contribution in [3.8, 4) is 16.2 Å². The Morgan fingerprint density at radius 1 is 0.957 bits per heavy atom. The van der Waals surface area contributed by atoms with E-state index in [-0.39, 0.29) is 5.78 Å². The maximum atomic E-state index is 12.3. The van der Waals surface area contributed by atoms with E-state index >= 15 is 0 Å². The van der Waals surface area contributed by atoms with Gasteiger partial charge < -0.3 is 4.74 Å². The van der Waals surface area contributed by atoms with Crippen molar-refractivity contribution in [3.63, 3.8) is 0 Å². The van der Waals surface area contributed by atoms with Crippen molar-refractivity contribution in [1.29, 1.82) is 0 Å². The van der Waals surface area contributed by atoms with Crippen LogP contribution < -0.4 is 4.74 Å². The minimum Gasteiger partial charge on any atom is -0.497 e. The van der Waals surface area contributed by atoms with Crippen molar-refractivity contribution < 1.29 is 9.53 Å². The van der Waals surface area contributed by atoms with E-state index in [2.05, 4.69) is 0 Å². The molecule has 3 rings (SSSR count). The number of methoxy groups -OCH3 is 1. The summed E-state index contributed by atoms with van der Waals surface area (Å²) in [6.07, 6.45) is 3.47. The fraction of sp³-hybridized carbons (Fsp3) is 0.0500. The Morgan fingerprint density at radius 3 is 2.39 bits per heavy atom. The van der Waals surface area contributed by atoms with Crippen LogP contribution in [0.25, 0.3) is 16.5 Å².